The Kier molecular flexibility index (Phi) is 10.2. The van der Waals surface area contributed by atoms with Crippen LogP contribution in [-0.4, -0.2) is 89.9 Å². The predicted octanol–water partition coefficient (Wildman–Crippen LogP) is 2.50. The number of aromatic nitrogens is 5. The van der Waals surface area contributed by atoms with Crippen LogP contribution in [0.2, 0.25) is 0 Å². The van der Waals surface area contributed by atoms with Gasteiger partial charge in [-0.1, -0.05) is 26.0 Å². The number of methoxy groups -OCH3 is 1. The maximum Gasteiger partial charge on any atom is 0.190 e. The zero-order chi connectivity index (χ0) is 26.0. The van der Waals surface area contributed by atoms with Crippen molar-refractivity contribution in [2.24, 2.45) is 5.41 Å². The number of nitrogens with one attached hydrogen (secondary N) is 1. The maximum atomic E-state index is 12.7. The molecule has 0 atom stereocenters. The summed E-state index contributed by atoms with van der Waals surface area (Å²) < 4.78 is 22.7. The van der Waals surface area contributed by atoms with Crippen molar-refractivity contribution in [3.05, 3.63) is 41.6 Å². The standard InChI is InChI=1S/C25H35N5O6/c1-25(2,3)24(32)20-14-18-13-19(26-16-21(18)27-20)15-23(31)22-17-30(29-28-22)5-6-34-9-10-36-12-11-35-8-7-33-4/h13-14,16-17,27H,5-12,15H2,1-4H3. The minimum absolute atomic E-state index is 0.0211. The van der Waals surface area contributed by atoms with Crippen molar-refractivity contribution >= 4 is 22.5 Å². The molecule has 0 saturated heterocycles. The van der Waals surface area contributed by atoms with E-state index in [1.165, 1.54) is 0 Å². The van der Waals surface area contributed by atoms with Crippen LogP contribution < -0.4 is 0 Å². The lowest BCUT2D eigenvalue weighted by atomic mass is 9.89. The number of pyridine rings is 1. The molecule has 11 heteroatoms. The highest BCUT2D eigenvalue weighted by molar-refractivity contribution is 6.02. The molecule has 3 aromatic heterocycles. The van der Waals surface area contributed by atoms with E-state index in [-0.39, 0.29) is 23.7 Å². The number of H-pyrrole nitrogens is 1. The summed E-state index contributed by atoms with van der Waals surface area (Å²) in [4.78, 5) is 32.7. The number of hydrogen-bond acceptors (Lipinski definition) is 9. The van der Waals surface area contributed by atoms with Gasteiger partial charge in [0.25, 0.3) is 0 Å². The maximum absolute atomic E-state index is 12.7. The molecule has 196 valence electrons. The van der Waals surface area contributed by atoms with Crippen molar-refractivity contribution in [3.63, 3.8) is 0 Å². The molecule has 0 bridgehead atoms. The lowest BCUT2D eigenvalue weighted by Gasteiger charge is -2.14. The number of hydrogen-bond donors (Lipinski definition) is 1. The van der Waals surface area contributed by atoms with Gasteiger partial charge in [-0.2, -0.15) is 0 Å². The molecule has 0 amide bonds. The summed E-state index contributed by atoms with van der Waals surface area (Å²) in [5, 5.41) is 8.82. The highest BCUT2D eigenvalue weighted by Crippen LogP contribution is 2.24. The van der Waals surface area contributed by atoms with Gasteiger partial charge < -0.3 is 23.9 Å². The van der Waals surface area contributed by atoms with Gasteiger partial charge in [-0.05, 0) is 12.1 Å². The first-order chi connectivity index (χ1) is 17.3. The van der Waals surface area contributed by atoms with Gasteiger partial charge in [-0.15, -0.1) is 5.10 Å². The van der Waals surface area contributed by atoms with Crippen LogP contribution >= 0.6 is 0 Å². The lowest BCUT2D eigenvalue weighted by Crippen LogP contribution is -2.20. The van der Waals surface area contributed by atoms with Crippen LogP contribution in [0.15, 0.2) is 24.5 Å². The van der Waals surface area contributed by atoms with Crippen LogP contribution in [0.5, 0.6) is 0 Å². The van der Waals surface area contributed by atoms with E-state index >= 15 is 0 Å². The number of ketones is 2. The fourth-order valence-electron chi connectivity index (χ4n) is 3.33. The van der Waals surface area contributed by atoms with E-state index in [9.17, 15) is 9.59 Å². The third-order valence-electron chi connectivity index (χ3n) is 5.29. The van der Waals surface area contributed by atoms with E-state index in [4.69, 9.17) is 18.9 Å². The summed E-state index contributed by atoms with van der Waals surface area (Å²) in [6, 6.07) is 3.62. The van der Waals surface area contributed by atoms with Crippen molar-refractivity contribution in [1.82, 2.24) is 25.0 Å². The van der Waals surface area contributed by atoms with Gasteiger partial charge in [-0.3, -0.25) is 14.6 Å². The molecular weight excluding hydrogens is 466 g/mol. The monoisotopic (exact) mass is 501 g/mol. The van der Waals surface area contributed by atoms with Gasteiger partial charge >= 0.3 is 0 Å². The molecule has 36 heavy (non-hydrogen) atoms. The predicted molar refractivity (Wildman–Crippen MR) is 132 cm³/mol. The molecule has 0 fully saturated rings. The Balaban J connectivity index is 1.40. The first-order valence-electron chi connectivity index (χ1n) is 12.0. The Morgan fingerprint density at radius 1 is 0.972 bits per heavy atom. The molecule has 0 spiro atoms. The number of aromatic amines is 1. The Hall–Kier alpha value is -2.99. The van der Waals surface area contributed by atoms with Crippen molar-refractivity contribution in [1.29, 1.82) is 0 Å². The highest BCUT2D eigenvalue weighted by Gasteiger charge is 2.24. The van der Waals surface area contributed by atoms with Crippen LogP contribution in [0.3, 0.4) is 0 Å². The van der Waals surface area contributed by atoms with Crippen molar-refractivity contribution in [2.75, 3.05) is 53.4 Å². The molecule has 3 rings (SSSR count). The lowest BCUT2D eigenvalue weighted by molar-refractivity contribution is 0.00244. The molecule has 1 N–H and O–H groups in total. The van der Waals surface area contributed by atoms with Crippen molar-refractivity contribution < 1.29 is 28.5 Å². The first kappa shape index (κ1) is 27.6. The van der Waals surface area contributed by atoms with Crippen molar-refractivity contribution in [3.8, 4) is 0 Å². The average molecular weight is 502 g/mol. The molecule has 3 aromatic rings. The quantitative estimate of drug-likeness (QED) is 0.232. The van der Waals surface area contributed by atoms with Crippen LogP contribution in [-0.2, 0) is 31.9 Å². The fraction of sp³-hybridized carbons (Fsp3) is 0.560. The number of rotatable bonds is 16. The minimum Gasteiger partial charge on any atom is -0.382 e. The molecule has 3 heterocycles. The van der Waals surface area contributed by atoms with Gasteiger partial charge in [0.1, 0.15) is 5.69 Å². The number of Topliss-reactive ketones (excluding diaryl/α,β-unsaturated/α-hetero) is 2. The summed E-state index contributed by atoms with van der Waals surface area (Å²) in [6.45, 7) is 9.59. The second-order valence-corrected chi connectivity index (χ2v) is 9.32. The molecule has 0 aliphatic heterocycles. The van der Waals surface area contributed by atoms with Crippen LogP contribution in [0.1, 0.15) is 47.4 Å². The Labute approximate surface area is 210 Å². The Morgan fingerprint density at radius 3 is 2.31 bits per heavy atom. The van der Waals surface area contributed by atoms with Gasteiger partial charge in [0.2, 0.25) is 0 Å². The van der Waals surface area contributed by atoms with Crippen LogP contribution in [0.25, 0.3) is 10.9 Å². The Bertz CT molecular complexity index is 1130. The fourth-order valence-corrected chi connectivity index (χ4v) is 3.33. The zero-order valence-corrected chi connectivity index (χ0v) is 21.4. The van der Waals surface area contributed by atoms with Crippen molar-refractivity contribution in [2.45, 2.75) is 33.7 Å². The molecular formula is C25H35N5O6. The molecule has 11 nitrogen and oxygen atoms in total. The highest BCUT2D eigenvalue weighted by atomic mass is 16.6. The van der Waals surface area contributed by atoms with Crippen LogP contribution in [0.4, 0.5) is 0 Å². The average Bonchev–Trinajstić information content (AvgIpc) is 3.48. The Morgan fingerprint density at radius 2 is 1.64 bits per heavy atom. The third-order valence-corrected chi connectivity index (χ3v) is 5.29. The first-order valence-corrected chi connectivity index (χ1v) is 12.0. The molecule has 0 radical (unpaired) electrons. The summed E-state index contributed by atoms with van der Waals surface area (Å²) in [6.07, 6.45) is 3.34. The smallest absolute Gasteiger partial charge is 0.190 e. The summed E-state index contributed by atoms with van der Waals surface area (Å²) in [5.74, 6) is -0.163. The normalized spacial score (nSPS) is 11.9. The molecule has 0 aliphatic carbocycles. The van der Waals surface area contributed by atoms with Crippen LogP contribution in [0, 0.1) is 5.41 Å². The zero-order valence-electron chi connectivity index (χ0n) is 21.4. The summed E-state index contributed by atoms with van der Waals surface area (Å²) in [5.41, 5.74) is 1.67. The molecule has 0 saturated carbocycles. The number of carbonyl (C=O) groups is 2. The van der Waals surface area contributed by atoms with E-state index in [0.717, 1.165) is 10.9 Å². The number of nitrogens with zero attached hydrogens (tertiary/aromatic N) is 4. The number of fused-ring (bicyclic) bond motifs is 1. The van der Waals surface area contributed by atoms with E-state index in [1.807, 2.05) is 26.8 Å². The SMILES string of the molecule is COCCOCCOCCOCCn1cc(C(=O)Cc2cc3cc(C(=O)C(C)(C)C)[nH]c3cn2)nn1. The van der Waals surface area contributed by atoms with Gasteiger partial charge in [0.05, 0.1) is 82.8 Å². The molecule has 0 aromatic carbocycles. The summed E-state index contributed by atoms with van der Waals surface area (Å²) >= 11 is 0. The minimum atomic E-state index is -0.489. The number of carbonyl (C=O) groups excluding carboxylic acids is 2. The summed E-state index contributed by atoms with van der Waals surface area (Å²) in [7, 11) is 1.63. The van der Waals surface area contributed by atoms with E-state index in [1.54, 1.807) is 30.3 Å². The topological polar surface area (TPSA) is 130 Å². The van der Waals surface area contributed by atoms with E-state index in [0.29, 0.717) is 64.2 Å². The molecule has 0 unspecified atom stereocenters. The van der Waals surface area contributed by atoms with E-state index in [2.05, 4.69) is 20.3 Å². The van der Waals surface area contributed by atoms with Gasteiger partial charge in [0, 0.05) is 23.6 Å². The largest absolute Gasteiger partial charge is 0.382 e. The van der Waals surface area contributed by atoms with E-state index < -0.39 is 5.41 Å². The second kappa shape index (κ2) is 13.4. The number of ether oxygens (including phenoxy) is 4. The second-order valence-electron chi connectivity index (χ2n) is 9.32. The molecule has 0 aliphatic rings. The van der Waals surface area contributed by atoms with Gasteiger partial charge in [-0.25, -0.2) is 4.68 Å². The third kappa shape index (κ3) is 8.30. The van der Waals surface area contributed by atoms with Gasteiger partial charge in [0.15, 0.2) is 11.6 Å².